The molecule has 1 aromatic rings. The Balaban J connectivity index is 3.30. The van der Waals surface area contributed by atoms with Crippen molar-refractivity contribution in [3.8, 4) is 23.6 Å². The first kappa shape index (κ1) is 13.9. The van der Waals surface area contributed by atoms with E-state index >= 15 is 0 Å². The summed E-state index contributed by atoms with van der Waals surface area (Å²) in [5.41, 5.74) is 0.612. The molecule has 18 heavy (non-hydrogen) atoms. The van der Waals surface area contributed by atoms with Crippen molar-refractivity contribution in [2.45, 2.75) is 6.92 Å². The van der Waals surface area contributed by atoms with Crippen LogP contribution in [0.15, 0.2) is 17.7 Å². The zero-order valence-corrected chi connectivity index (χ0v) is 10.8. The highest BCUT2D eigenvalue weighted by Gasteiger charge is 2.11. The third-order valence-electron chi connectivity index (χ3n) is 2.09. The number of allylic oxidation sites excluding steroid dienone is 1. The number of hydrogen-bond donors (Lipinski definition) is 0. The highest BCUT2D eigenvalue weighted by molar-refractivity contribution is 6.32. The van der Waals surface area contributed by atoms with Crippen LogP contribution in [-0.4, -0.2) is 13.7 Å². The van der Waals surface area contributed by atoms with Crippen molar-refractivity contribution in [2.24, 2.45) is 0 Å². The fourth-order valence-electron chi connectivity index (χ4n) is 1.39. The molecule has 0 aliphatic rings. The summed E-state index contributed by atoms with van der Waals surface area (Å²) >= 11 is 6.04. The molecule has 0 heterocycles. The summed E-state index contributed by atoms with van der Waals surface area (Å²) in [4.78, 5) is 0. The second-order valence-electron chi connectivity index (χ2n) is 3.25. The Morgan fingerprint density at radius 1 is 1.39 bits per heavy atom. The van der Waals surface area contributed by atoms with Crippen LogP contribution in [-0.2, 0) is 0 Å². The van der Waals surface area contributed by atoms with Crippen LogP contribution in [0.2, 0.25) is 5.02 Å². The molecule has 0 saturated carbocycles. The number of methoxy groups -OCH3 is 1. The lowest BCUT2D eigenvalue weighted by Gasteiger charge is -2.11. The van der Waals surface area contributed by atoms with Crippen LogP contribution in [0.1, 0.15) is 12.5 Å². The number of nitriles is 2. The second-order valence-corrected chi connectivity index (χ2v) is 3.66. The van der Waals surface area contributed by atoms with E-state index in [0.29, 0.717) is 28.7 Å². The molecule has 0 bridgehead atoms. The maximum absolute atomic E-state index is 8.70. The van der Waals surface area contributed by atoms with Gasteiger partial charge < -0.3 is 9.47 Å². The van der Waals surface area contributed by atoms with Crippen molar-refractivity contribution in [1.82, 2.24) is 0 Å². The van der Waals surface area contributed by atoms with Gasteiger partial charge in [0.05, 0.1) is 18.7 Å². The van der Waals surface area contributed by atoms with Gasteiger partial charge >= 0.3 is 0 Å². The minimum Gasteiger partial charge on any atom is -0.491 e. The van der Waals surface area contributed by atoms with E-state index < -0.39 is 0 Å². The molecule has 0 atom stereocenters. The number of ether oxygens (including phenoxy) is 2. The van der Waals surface area contributed by atoms with Crippen LogP contribution < -0.4 is 9.47 Å². The highest BCUT2D eigenvalue weighted by Crippen LogP contribution is 2.36. The first-order valence-corrected chi connectivity index (χ1v) is 5.56. The van der Waals surface area contributed by atoms with Crippen LogP contribution in [0.4, 0.5) is 0 Å². The Labute approximate surface area is 111 Å². The van der Waals surface area contributed by atoms with Crippen LogP contribution in [0.5, 0.6) is 11.5 Å². The molecule has 0 spiro atoms. The summed E-state index contributed by atoms with van der Waals surface area (Å²) in [6, 6.07) is 6.85. The number of halogens is 1. The van der Waals surface area contributed by atoms with Crippen LogP contribution in [0.3, 0.4) is 0 Å². The van der Waals surface area contributed by atoms with E-state index in [2.05, 4.69) is 0 Å². The Kier molecular flexibility index (Phi) is 5.05. The van der Waals surface area contributed by atoms with Crippen LogP contribution in [0, 0.1) is 22.7 Å². The van der Waals surface area contributed by atoms with Gasteiger partial charge in [-0.05, 0) is 30.7 Å². The van der Waals surface area contributed by atoms with Crippen molar-refractivity contribution in [3.05, 3.63) is 28.3 Å². The number of nitrogens with zero attached hydrogens (tertiary/aromatic N) is 2. The normalized spacial score (nSPS) is 8.94. The minimum atomic E-state index is -0.00122. The van der Waals surface area contributed by atoms with Gasteiger partial charge in [0.15, 0.2) is 11.5 Å². The molecule has 0 N–H and O–H groups in total. The van der Waals surface area contributed by atoms with Gasteiger partial charge in [-0.2, -0.15) is 10.5 Å². The highest BCUT2D eigenvalue weighted by atomic mass is 35.5. The van der Waals surface area contributed by atoms with E-state index in [4.69, 9.17) is 31.6 Å². The van der Waals surface area contributed by atoms with E-state index in [-0.39, 0.29) is 5.57 Å². The maximum Gasteiger partial charge on any atom is 0.179 e. The Bertz CT molecular complexity index is 537. The van der Waals surface area contributed by atoms with Crippen molar-refractivity contribution in [3.63, 3.8) is 0 Å². The number of benzene rings is 1. The fraction of sp³-hybridized carbons (Fsp3) is 0.231. The largest absolute Gasteiger partial charge is 0.491 e. The van der Waals surface area contributed by atoms with E-state index in [0.717, 1.165) is 0 Å². The number of rotatable bonds is 4. The molecule has 1 rings (SSSR count). The predicted octanol–water partition coefficient (Wildman–Crippen LogP) is 3.18. The van der Waals surface area contributed by atoms with Gasteiger partial charge in [0.25, 0.3) is 0 Å². The first-order chi connectivity index (χ1) is 8.65. The molecule has 0 fully saturated rings. The van der Waals surface area contributed by atoms with Crippen molar-refractivity contribution >= 4 is 17.7 Å². The summed E-state index contributed by atoms with van der Waals surface area (Å²) in [6.45, 7) is 2.30. The lowest BCUT2D eigenvalue weighted by molar-refractivity contribution is 0.311. The summed E-state index contributed by atoms with van der Waals surface area (Å²) in [5, 5.41) is 17.8. The Morgan fingerprint density at radius 2 is 2.06 bits per heavy atom. The molecule has 0 saturated heterocycles. The molecule has 92 valence electrons. The van der Waals surface area contributed by atoms with E-state index in [1.807, 2.05) is 6.92 Å². The van der Waals surface area contributed by atoms with Gasteiger partial charge in [-0.3, -0.25) is 0 Å². The third-order valence-corrected chi connectivity index (χ3v) is 2.37. The third kappa shape index (κ3) is 3.16. The molecule has 1 aromatic carbocycles. The smallest absolute Gasteiger partial charge is 0.179 e. The molecule has 4 nitrogen and oxygen atoms in total. The molecule has 5 heteroatoms. The number of hydrogen-bond acceptors (Lipinski definition) is 4. The van der Waals surface area contributed by atoms with Crippen molar-refractivity contribution in [2.75, 3.05) is 13.7 Å². The van der Waals surface area contributed by atoms with Crippen LogP contribution >= 0.6 is 11.6 Å². The topological polar surface area (TPSA) is 66.0 Å². The van der Waals surface area contributed by atoms with Gasteiger partial charge in [0.2, 0.25) is 0 Å². The van der Waals surface area contributed by atoms with Crippen molar-refractivity contribution in [1.29, 1.82) is 10.5 Å². The summed E-state index contributed by atoms with van der Waals surface area (Å²) in [5.74, 6) is 0.917. The first-order valence-electron chi connectivity index (χ1n) is 5.18. The second kappa shape index (κ2) is 6.54. The SMILES string of the molecule is CCOc1cc(C=C(C#N)C#N)cc(Cl)c1OC. The Morgan fingerprint density at radius 3 is 2.56 bits per heavy atom. The lowest BCUT2D eigenvalue weighted by atomic mass is 10.1. The summed E-state index contributed by atoms with van der Waals surface area (Å²) in [6.07, 6.45) is 1.44. The van der Waals surface area contributed by atoms with Gasteiger partial charge in [-0.25, -0.2) is 0 Å². The van der Waals surface area contributed by atoms with Gasteiger partial charge in [-0.15, -0.1) is 0 Å². The molecule has 0 aromatic heterocycles. The summed E-state index contributed by atoms with van der Waals surface area (Å²) < 4.78 is 10.5. The molecule has 0 amide bonds. The zero-order valence-electron chi connectivity index (χ0n) is 10.0. The molecule has 0 aliphatic heterocycles. The van der Waals surface area contributed by atoms with E-state index in [9.17, 15) is 0 Å². The van der Waals surface area contributed by atoms with E-state index in [1.165, 1.54) is 13.2 Å². The molecule has 0 radical (unpaired) electrons. The minimum absolute atomic E-state index is 0.00122. The maximum atomic E-state index is 8.70. The van der Waals surface area contributed by atoms with Crippen molar-refractivity contribution < 1.29 is 9.47 Å². The quantitative estimate of drug-likeness (QED) is 0.782. The predicted molar refractivity (Wildman–Crippen MR) is 68.4 cm³/mol. The zero-order chi connectivity index (χ0) is 13.5. The molecular formula is C13H11ClN2O2. The monoisotopic (exact) mass is 262 g/mol. The standard InChI is InChI=1S/C13H11ClN2O2/c1-3-18-12-6-9(4-10(7-15)8-16)5-11(14)13(12)17-2/h4-6H,3H2,1-2H3. The molecular weight excluding hydrogens is 252 g/mol. The lowest BCUT2D eigenvalue weighted by Crippen LogP contribution is -1.96. The molecule has 0 aliphatic carbocycles. The molecule has 0 unspecified atom stereocenters. The van der Waals surface area contributed by atoms with E-state index in [1.54, 1.807) is 24.3 Å². The van der Waals surface area contributed by atoms with Gasteiger partial charge in [-0.1, -0.05) is 11.6 Å². The van der Waals surface area contributed by atoms with Gasteiger partial charge in [0, 0.05) is 0 Å². The fourth-order valence-corrected chi connectivity index (χ4v) is 1.68. The van der Waals surface area contributed by atoms with Crippen LogP contribution in [0.25, 0.3) is 6.08 Å². The average Bonchev–Trinajstić information content (AvgIpc) is 2.36. The Hall–Kier alpha value is -2.17. The van der Waals surface area contributed by atoms with Gasteiger partial charge in [0.1, 0.15) is 17.7 Å². The average molecular weight is 263 g/mol. The summed E-state index contributed by atoms with van der Waals surface area (Å²) in [7, 11) is 1.50.